The van der Waals surface area contributed by atoms with E-state index in [0.717, 1.165) is 16.7 Å². The molecule has 19 heavy (non-hydrogen) atoms. The molecule has 0 aliphatic rings. The van der Waals surface area contributed by atoms with E-state index in [1.807, 2.05) is 25.1 Å². The molecule has 1 aromatic rings. The summed E-state index contributed by atoms with van der Waals surface area (Å²) in [5.74, 6) is -0.893. The quantitative estimate of drug-likeness (QED) is 0.879. The van der Waals surface area contributed by atoms with Crippen molar-refractivity contribution < 1.29 is 15.0 Å². The van der Waals surface area contributed by atoms with Gasteiger partial charge in [0.25, 0.3) is 0 Å². The molecule has 0 radical (unpaired) electrons. The molecule has 0 fully saturated rings. The highest BCUT2D eigenvalue weighted by molar-refractivity contribution is 5.81. The van der Waals surface area contributed by atoms with Gasteiger partial charge >= 0.3 is 5.97 Å². The van der Waals surface area contributed by atoms with Gasteiger partial charge < -0.3 is 10.2 Å². The zero-order valence-corrected chi connectivity index (χ0v) is 12.4. The lowest BCUT2D eigenvalue weighted by atomic mass is 9.75. The Morgan fingerprint density at radius 2 is 1.79 bits per heavy atom. The average Bonchev–Trinajstić information content (AvgIpc) is 2.27. The third-order valence-electron chi connectivity index (χ3n) is 3.78. The highest BCUT2D eigenvalue weighted by Crippen LogP contribution is 2.34. The van der Waals surface area contributed by atoms with Crippen LogP contribution in [-0.4, -0.2) is 22.8 Å². The summed E-state index contributed by atoms with van der Waals surface area (Å²) >= 11 is 0. The van der Waals surface area contributed by atoms with E-state index in [2.05, 4.69) is 20.8 Å². The zero-order chi connectivity index (χ0) is 14.8. The van der Waals surface area contributed by atoms with Gasteiger partial charge in [-0.15, -0.1) is 0 Å². The maximum absolute atomic E-state index is 11.6. The smallest absolute Gasteiger partial charge is 0.313 e. The van der Waals surface area contributed by atoms with E-state index >= 15 is 0 Å². The second-order valence-electron chi connectivity index (χ2n) is 6.39. The fourth-order valence-corrected chi connectivity index (χ4v) is 2.26. The number of aliphatic hydroxyl groups is 1. The minimum absolute atomic E-state index is 0.0267. The number of hydrogen-bond donors (Lipinski definition) is 2. The van der Waals surface area contributed by atoms with Gasteiger partial charge in [-0.3, -0.25) is 4.79 Å². The number of hydrogen-bond acceptors (Lipinski definition) is 2. The predicted octanol–water partition coefficient (Wildman–Crippen LogP) is 3.02. The normalized spacial score (nSPS) is 15.1. The first kappa shape index (κ1) is 15.7. The van der Waals surface area contributed by atoms with E-state index in [4.69, 9.17) is 5.11 Å². The lowest BCUT2D eigenvalue weighted by molar-refractivity contribution is -0.143. The standard InChI is InChI=1S/C16H24O3/c1-11-6-7-12(15(2,3)4)10-13(11)16(5,8-9-17)14(18)19/h6-7,10,17H,8-9H2,1-5H3,(H,18,19). The van der Waals surface area contributed by atoms with Crippen LogP contribution in [0.25, 0.3) is 0 Å². The Morgan fingerprint density at radius 1 is 1.21 bits per heavy atom. The van der Waals surface area contributed by atoms with E-state index in [9.17, 15) is 9.90 Å². The van der Waals surface area contributed by atoms with E-state index < -0.39 is 11.4 Å². The van der Waals surface area contributed by atoms with Crippen molar-refractivity contribution in [2.45, 2.75) is 51.9 Å². The van der Waals surface area contributed by atoms with E-state index in [1.54, 1.807) is 6.92 Å². The van der Waals surface area contributed by atoms with Gasteiger partial charge in [-0.1, -0.05) is 39.0 Å². The molecule has 0 saturated carbocycles. The number of carboxylic acid groups (broad SMARTS) is 1. The van der Waals surface area contributed by atoms with Crippen LogP contribution in [0.5, 0.6) is 0 Å². The predicted molar refractivity (Wildman–Crippen MR) is 76.6 cm³/mol. The van der Waals surface area contributed by atoms with Crippen molar-refractivity contribution in [3.8, 4) is 0 Å². The molecule has 1 rings (SSSR count). The first-order chi connectivity index (χ1) is 8.63. The fraction of sp³-hybridized carbons (Fsp3) is 0.562. The minimum atomic E-state index is -1.04. The Morgan fingerprint density at radius 3 is 2.21 bits per heavy atom. The molecule has 0 aliphatic carbocycles. The van der Waals surface area contributed by atoms with Crippen molar-refractivity contribution in [3.63, 3.8) is 0 Å². The third-order valence-corrected chi connectivity index (χ3v) is 3.78. The van der Waals surface area contributed by atoms with Crippen molar-refractivity contribution in [1.82, 2.24) is 0 Å². The van der Waals surface area contributed by atoms with Crippen molar-refractivity contribution >= 4 is 5.97 Å². The molecule has 0 saturated heterocycles. The van der Waals surface area contributed by atoms with Gasteiger partial charge in [0.2, 0.25) is 0 Å². The second kappa shape index (κ2) is 5.33. The lowest BCUT2D eigenvalue weighted by Gasteiger charge is -2.29. The molecule has 0 bridgehead atoms. The minimum Gasteiger partial charge on any atom is -0.481 e. The van der Waals surface area contributed by atoms with Crippen LogP contribution in [0.3, 0.4) is 0 Å². The summed E-state index contributed by atoms with van der Waals surface area (Å²) in [6.45, 7) is 9.77. The summed E-state index contributed by atoms with van der Waals surface area (Å²) in [7, 11) is 0. The molecular weight excluding hydrogens is 240 g/mol. The van der Waals surface area contributed by atoms with Crippen LogP contribution in [0.1, 0.15) is 50.8 Å². The maximum Gasteiger partial charge on any atom is 0.313 e. The summed E-state index contributed by atoms with van der Waals surface area (Å²) in [6.07, 6.45) is 0.219. The molecule has 0 amide bonds. The second-order valence-corrected chi connectivity index (χ2v) is 6.39. The molecule has 0 aromatic heterocycles. The van der Waals surface area contributed by atoms with Gasteiger partial charge in [-0.05, 0) is 42.4 Å². The number of rotatable bonds is 4. The molecule has 0 heterocycles. The first-order valence-corrected chi connectivity index (χ1v) is 6.59. The zero-order valence-electron chi connectivity index (χ0n) is 12.4. The summed E-state index contributed by atoms with van der Waals surface area (Å²) in [5.41, 5.74) is 1.78. The maximum atomic E-state index is 11.6. The van der Waals surface area contributed by atoms with Crippen LogP contribution in [0.15, 0.2) is 18.2 Å². The van der Waals surface area contributed by atoms with Crippen LogP contribution in [0.4, 0.5) is 0 Å². The van der Waals surface area contributed by atoms with E-state index in [0.29, 0.717) is 0 Å². The molecule has 1 unspecified atom stereocenters. The Hall–Kier alpha value is -1.35. The molecule has 3 nitrogen and oxygen atoms in total. The van der Waals surface area contributed by atoms with Gasteiger partial charge in [0.1, 0.15) is 0 Å². The van der Waals surface area contributed by atoms with Gasteiger partial charge in [0.05, 0.1) is 5.41 Å². The molecule has 3 heteroatoms. The SMILES string of the molecule is Cc1ccc(C(C)(C)C)cc1C(C)(CCO)C(=O)O. The number of aliphatic hydroxyl groups excluding tert-OH is 1. The number of aryl methyl sites for hydroxylation is 1. The Kier molecular flexibility index (Phi) is 4.41. The lowest BCUT2D eigenvalue weighted by Crippen LogP contribution is -2.34. The van der Waals surface area contributed by atoms with Crippen molar-refractivity contribution in [2.24, 2.45) is 0 Å². The Labute approximate surface area is 115 Å². The molecule has 0 spiro atoms. The van der Waals surface area contributed by atoms with Crippen LogP contribution >= 0.6 is 0 Å². The van der Waals surface area contributed by atoms with Crippen molar-refractivity contribution in [2.75, 3.05) is 6.61 Å². The van der Waals surface area contributed by atoms with Gasteiger partial charge in [-0.25, -0.2) is 0 Å². The largest absolute Gasteiger partial charge is 0.481 e. The highest BCUT2D eigenvalue weighted by atomic mass is 16.4. The molecule has 1 aromatic carbocycles. The van der Waals surface area contributed by atoms with Crippen LogP contribution in [0, 0.1) is 6.92 Å². The van der Waals surface area contributed by atoms with Crippen LogP contribution in [-0.2, 0) is 15.6 Å². The molecule has 2 N–H and O–H groups in total. The molecular formula is C16H24O3. The Bertz CT molecular complexity index is 471. The average molecular weight is 264 g/mol. The van der Waals surface area contributed by atoms with Crippen molar-refractivity contribution in [3.05, 3.63) is 34.9 Å². The fourth-order valence-electron chi connectivity index (χ4n) is 2.26. The topological polar surface area (TPSA) is 57.5 Å². The number of carboxylic acids is 1. The highest BCUT2D eigenvalue weighted by Gasteiger charge is 2.36. The van der Waals surface area contributed by atoms with Crippen molar-refractivity contribution in [1.29, 1.82) is 0 Å². The van der Waals surface area contributed by atoms with Gasteiger partial charge in [-0.2, -0.15) is 0 Å². The number of carbonyl (C=O) groups is 1. The molecule has 0 aliphatic heterocycles. The monoisotopic (exact) mass is 264 g/mol. The number of benzene rings is 1. The summed E-state index contributed by atoms with van der Waals surface area (Å²) in [5, 5.41) is 18.7. The van der Waals surface area contributed by atoms with Gasteiger partial charge in [0.15, 0.2) is 0 Å². The summed E-state index contributed by atoms with van der Waals surface area (Å²) in [4.78, 5) is 11.6. The number of aliphatic carboxylic acids is 1. The molecule has 1 atom stereocenters. The Balaban J connectivity index is 3.43. The summed E-state index contributed by atoms with van der Waals surface area (Å²) in [6, 6.07) is 5.98. The first-order valence-electron chi connectivity index (χ1n) is 6.59. The van der Waals surface area contributed by atoms with Crippen LogP contribution < -0.4 is 0 Å². The van der Waals surface area contributed by atoms with E-state index in [1.165, 1.54) is 0 Å². The molecule has 106 valence electrons. The van der Waals surface area contributed by atoms with Gasteiger partial charge in [0, 0.05) is 6.61 Å². The summed E-state index contributed by atoms with van der Waals surface area (Å²) < 4.78 is 0. The van der Waals surface area contributed by atoms with Crippen LogP contribution in [0.2, 0.25) is 0 Å². The van der Waals surface area contributed by atoms with E-state index in [-0.39, 0.29) is 18.4 Å². The third kappa shape index (κ3) is 3.16.